The van der Waals surface area contributed by atoms with E-state index in [1.807, 2.05) is 31.2 Å². The van der Waals surface area contributed by atoms with Crippen molar-refractivity contribution < 1.29 is 9.00 Å². The van der Waals surface area contributed by atoms with Crippen molar-refractivity contribution in [1.82, 2.24) is 5.32 Å². The molecule has 0 aliphatic heterocycles. The fourth-order valence-electron chi connectivity index (χ4n) is 2.74. The molecule has 0 heterocycles. The number of hydrogen-bond acceptors (Lipinski definition) is 2. The Morgan fingerprint density at radius 1 is 1.29 bits per heavy atom. The van der Waals surface area contributed by atoms with Gasteiger partial charge in [-0.2, -0.15) is 0 Å². The third kappa shape index (κ3) is 4.67. The Bertz CT molecular complexity index is 509. The first kappa shape index (κ1) is 16.2. The topological polar surface area (TPSA) is 46.2 Å². The Balaban J connectivity index is 1.89. The van der Waals surface area contributed by atoms with Crippen molar-refractivity contribution in [3.05, 3.63) is 35.4 Å². The molecule has 1 amide bonds. The van der Waals surface area contributed by atoms with Gasteiger partial charge in [-0.05, 0) is 37.8 Å². The zero-order chi connectivity index (χ0) is 15.2. The van der Waals surface area contributed by atoms with E-state index in [9.17, 15) is 9.00 Å². The van der Waals surface area contributed by atoms with Gasteiger partial charge in [-0.25, -0.2) is 0 Å². The van der Waals surface area contributed by atoms with Crippen LogP contribution in [0.5, 0.6) is 0 Å². The van der Waals surface area contributed by atoms with Gasteiger partial charge in [-0.3, -0.25) is 9.00 Å². The Morgan fingerprint density at radius 2 is 1.95 bits per heavy atom. The van der Waals surface area contributed by atoms with Gasteiger partial charge in [0.2, 0.25) is 5.91 Å². The summed E-state index contributed by atoms with van der Waals surface area (Å²) in [5.74, 6) is 0.389. The smallest absolute Gasteiger partial charge is 0.235 e. The zero-order valence-corrected chi connectivity index (χ0v) is 13.7. The van der Waals surface area contributed by atoms with Crippen molar-refractivity contribution in [3.63, 3.8) is 0 Å². The standard InChI is InChI=1S/C17H25NO2S/c1-13-8-6-7-9-15(13)12-21(20)14(2)17(19)18-16-10-4-3-5-11-16/h6-9,14,16H,3-5,10-12H2,1-2H3,(H,18,19)/t14-,21-/m0/s1. The summed E-state index contributed by atoms with van der Waals surface area (Å²) in [5.41, 5.74) is 2.19. The summed E-state index contributed by atoms with van der Waals surface area (Å²) in [6.45, 7) is 3.78. The molecule has 0 radical (unpaired) electrons. The molecule has 21 heavy (non-hydrogen) atoms. The van der Waals surface area contributed by atoms with Gasteiger partial charge in [-0.1, -0.05) is 43.5 Å². The van der Waals surface area contributed by atoms with Crippen LogP contribution in [0.4, 0.5) is 0 Å². The molecule has 1 N–H and O–H groups in total. The minimum Gasteiger partial charge on any atom is -0.352 e. The first-order chi connectivity index (χ1) is 10.1. The van der Waals surface area contributed by atoms with Crippen LogP contribution in [0.1, 0.15) is 50.2 Å². The number of amides is 1. The maximum Gasteiger partial charge on any atom is 0.235 e. The van der Waals surface area contributed by atoms with E-state index in [1.54, 1.807) is 6.92 Å². The zero-order valence-electron chi connectivity index (χ0n) is 12.9. The third-order valence-electron chi connectivity index (χ3n) is 4.27. The first-order valence-corrected chi connectivity index (χ1v) is 9.18. The molecule has 0 aromatic heterocycles. The van der Waals surface area contributed by atoms with Crippen LogP contribution in [0.3, 0.4) is 0 Å². The van der Waals surface area contributed by atoms with Crippen LogP contribution in [-0.4, -0.2) is 21.4 Å². The molecule has 1 fully saturated rings. The summed E-state index contributed by atoms with van der Waals surface area (Å²) in [7, 11) is -1.17. The monoisotopic (exact) mass is 307 g/mol. The highest BCUT2D eigenvalue weighted by molar-refractivity contribution is 7.85. The number of benzene rings is 1. The molecule has 0 spiro atoms. The lowest BCUT2D eigenvalue weighted by atomic mass is 9.95. The van der Waals surface area contributed by atoms with E-state index in [0.29, 0.717) is 5.75 Å². The lowest BCUT2D eigenvalue weighted by Crippen LogP contribution is -2.42. The molecule has 0 saturated heterocycles. The molecule has 2 rings (SSSR count). The van der Waals surface area contributed by atoms with Crippen molar-refractivity contribution >= 4 is 16.7 Å². The van der Waals surface area contributed by atoms with Gasteiger partial charge in [0.25, 0.3) is 0 Å². The SMILES string of the molecule is Cc1ccccc1C[S@](=O)[C@@H](C)C(=O)NC1CCCCC1. The van der Waals surface area contributed by atoms with E-state index in [-0.39, 0.29) is 11.9 Å². The molecule has 2 atom stereocenters. The highest BCUT2D eigenvalue weighted by Gasteiger charge is 2.23. The maximum atomic E-state index is 12.4. The van der Waals surface area contributed by atoms with E-state index in [0.717, 1.165) is 24.0 Å². The largest absolute Gasteiger partial charge is 0.352 e. The second-order valence-corrected chi connectivity index (χ2v) is 7.69. The van der Waals surface area contributed by atoms with E-state index in [4.69, 9.17) is 0 Å². The van der Waals surface area contributed by atoms with E-state index in [2.05, 4.69) is 5.32 Å². The first-order valence-electron chi connectivity index (χ1n) is 7.80. The number of aryl methyl sites for hydroxylation is 1. The Labute approximate surface area is 130 Å². The summed E-state index contributed by atoms with van der Waals surface area (Å²) in [5, 5.41) is 2.62. The molecule has 1 saturated carbocycles. The second-order valence-electron chi connectivity index (χ2n) is 5.94. The molecular weight excluding hydrogens is 282 g/mol. The lowest BCUT2D eigenvalue weighted by Gasteiger charge is -2.24. The number of hydrogen-bond donors (Lipinski definition) is 1. The molecule has 0 bridgehead atoms. The molecule has 0 unspecified atom stereocenters. The van der Waals surface area contributed by atoms with Crippen LogP contribution in [0.25, 0.3) is 0 Å². The Kier molecular flexibility index (Phi) is 5.97. The van der Waals surface area contributed by atoms with E-state index in [1.165, 1.54) is 19.3 Å². The predicted molar refractivity (Wildman–Crippen MR) is 87.5 cm³/mol. The minimum absolute atomic E-state index is 0.0613. The van der Waals surface area contributed by atoms with Crippen LogP contribution in [-0.2, 0) is 21.3 Å². The Hall–Kier alpha value is -1.16. The third-order valence-corrected chi connectivity index (χ3v) is 5.87. The second kappa shape index (κ2) is 7.74. The summed E-state index contributed by atoms with van der Waals surface area (Å²) >= 11 is 0. The summed E-state index contributed by atoms with van der Waals surface area (Å²) < 4.78 is 12.4. The van der Waals surface area contributed by atoms with Crippen LogP contribution in [0, 0.1) is 6.92 Å². The average molecular weight is 307 g/mol. The maximum absolute atomic E-state index is 12.4. The van der Waals surface area contributed by atoms with Gasteiger partial charge >= 0.3 is 0 Å². The van der Waals surface area contributed by atoms with Crippen LogP contribution >= 0.6 is 0 Å². The van der Waals surface area contributed by atoms with E-state index < -0.39 is 16.0 Å². The number of nitrogens with one attached hydrogen (secondary N) is 1. The highest BCUT2D eigenvalue weighted by Crippen LogP contribution is 2.18. The number of rotatable bonds is 5. The lowest BCUT2D eigenvalue weighted by molar-refractivity contribution is -0.121. The quantitative estimate of drug-likeness (QED) is 0.908. The van der Waals surface area contributed by atoms with Gasteiger partial charge in [-0.15, -0.1) is 0 Å². The van der Waals surface area contributed by atoms with Crippen molar-refractivity contribution in [2.24, 2.45) is 0 Å². The van der Waals surface area contributed by atoms with Crippen LogP contribution < -0.4 is 5.32 Å². The average Bonchev–Trinajstić information content (AvgIpc) is 2.49. The molecule has 1 aromatic carbocycles. The minimum atomic E-state index is -1.17. The van der Waals surface area contributed by atoms with Crippen molar-refractivity contribution in [2.45, 2.75) is 63.0 Å². The molecule has 4 heteroatoms. The molecule has 116 valence electrons. The summed E-state index contributed by atoms with van der Waals surface area (Å²) in [6.07, 6.45) is 5.75. The van der Waals surface area contributed by atoms with Gasteiger partial charge in [0, 0.05) is 22.6 Å². The Morgan fingerprint density at radius 3 is 2.62 bits per heavy atom. The normalized spacial score (nSPS) is 19.0. The molecule has 3 nitrogen and oxygen atoms in total. The van der Waals surface area contributed by atoms with Crippen molar-refractivity contribution in [1.29, 1.82) is 0 Å². The molecule has 1 aliphatic carbocycles. The number of carbonyl (C=O) groups is 1. The predicted octanol–water partition coefficient (Wildman–Crippen LogP) is 3.08. The van der Waals surface area contributed by atoms with Gasteiger partial charge < -0.3 is 5.32 Å². The van der Waals surface area contributed by atoms with Gasteiger partial charge in [0.15, 0.2) is 0 Å². The van der Waals surface area contributed by atoms with Crippen LogP contribution in [0.2, 0.25) is 0 Å². The van der Waals surface area contributed by atoms with Gasteiger partial charge in [0.05, 0.1) is 0 Å². The van der Waals surface area contributed by atoms with Crippen LogP contribution in [0.15, 0.2) is 24.3 Å². The van der Waals surface area contributed by atoms with E-state index >= 15 is 0 Å². The highest BCUT2D eigenvalue weighted by atomic mass is 32.2. The molecule has 1 aliphatic rings. The fourth-order valence-corrected chi connectivity index (χ4v) is 3.92. The number of carbonyl (C=O) groups excluding carboxylic acids is 1. The van der Waals surface area contributed by atoms with Gasteiger partial charge in [0.1, 0.15) is 5.25 Å². The molecular formula is C17H25NO2S. The van der Waals surface area contributed by atoms with Crippen molar-refractivity contribution in [2.75, 3.05) is 0 Å². The molecule has 1 aromatic rings. The summed E-state index contributed by atoms with van der Waals surface area (Å²) in [4.78, 5) is 12.2. The summed E-state index contributed by atoms with van der Waals surface area (Å²) in [6, 6.07) is 8.20. The fraction of sp³-hybridized carbons (Fsp3) is 0.588. The van der Waals surface area contributed by atoms with Crippen molar-refractivity contribution in [3.8, 4) is 0 Å².